The number of nitro benzene ring substituents is 1. The van der Waals surface area contributed by atoms with E-state index < -0.39 is 29.0 Å². The Morgan fingerprint density at radius 2 is 1.83 bits per heavy atom. The number of nitro groups is 1. The minimum Gasteiger partial charge on any atom is -0.490 e. The Balaban J connectivity index is 1.99. The molecule has 0 saturated carbocycles. The van der Waals surface area contributed by atoms with Crippen molar-refractivity contribution in [3.05, 3.63) is 57.1 Å². The number of methoxy groups -OCH3 is 1. The van der Waals surface area contributed by atoms with Crippen LogP contribution in [0.4, 0.5) is 11.4 Å². The van der Waals surface area contributed by atoms with Gasteiger partial charge in [0.1, 0.15) is 5.75 Å². The van der Waals surface area contributed by atoms with Crippen LogP contribution in [0.1, 0.15) is 19.4 Å². The van der Waals surface area contributed by atoms with E-state index in [-0.39, 0.29) is 11.4 Å². The molecule has 0 bridgehead atoms. The monoisotopic (exact) mass is 436 g/mol. The highest BCUT2D eigenvalue weighted by molar-refractivity contribution is 6.30. The van der Waals surface area contributed by atoms with Crippen molar-refractivity contribution in [2.24, 2.45) is 0 Å². The SMILES string of the molecule is COc1cc(NC(=O)COC(=O)C(C)(C)Oc2ccc(Cl)cc2)c(C)cc1[N+](=O)[O-]. The molecule has 160 valence electrons. The number of anilines is 1. The number of halogens is 1. The molecule has 1 N–H and O–H groups in total. The fourth-order valence-corrected chi connectivity index (χ4v) is 2.57. The van der Waals surface area contributed by atoms with Crippen molar-refractivity contribution in [2.45, 2.75) is 26.4 Å². The second-order valence-electron chi connectivity index (χ2n) is 6.79. The molecule has 0 unspecified atom stereocenters. The molecule has 0 aromatic heterocycles. The van der Waals surface area contributed by atoms with Crippen molar-refractivity contribution in [3.8, 4) is 11.5 Å². The molecule has 1 amide bonds. The van der Waals surface area contributed by atoms with Crippen LogP contribution in [0.15, 0.2) is 36.4 Å². The molecule has 9 nitrogen and oxygen atoms in total. The summed E-state index contributed by atoms with van der Waals surface area (Å²) >= 11 is 5.82. The van der Waals surface area contributed by atoms with Crippen molar-refractivity contribution >= 4 is 34.9 Å². The van der Waals surface area contributed by atoms with Crippen LogP contribution in [0.2, 0.25) is 5.02 Å². The summed E-state index contributed by atoms with van der Waals surface area (Å²) in [6.45, 7) is 4.04. The summed E-state index contributed by atoms with van der Waals surface area (Å²) in [5.74, 6) is -0.954. The zero-order valence-corrected chi connectivity index (χ0v) is 17.6. The second-order valence-corrected chi connectivity index (χ2v) is 7.22. The molecule has 0 aliphatic heterocycles. The Labute approximate surface area is 178 Å². The normalized spacial score (nSPS) is 10.8. The van der Waals surface area contributed by atoms with E-state index in [2.05, 4.69) is 5.32 Å². The van der Waals surface area contributed by atoms with E-state index in [0.29, 0.717) is 22.0 Å². The Bertz CT molecular complexity index is 958. The number of nitrogens with zero attached hydrogens (tertiary/aromatic N) is 1. The first kappa shape index (κ1) is 23.0. The average molecular weight is 437 g/mol. The maximum Gasteiger partial charge on any atom is 0.350 e. The number of esters is 1. The zero-order valence-electron chi connectivity index (χ0n) is 16.9. The first-order chi connectivity index (χ1) is 14.0. The van der Waals surface area contributed by atoms with Gasteiger partial charge in [0.15, 0.2) is 18.0 Å². The van der Waals surface area contributed by atoms with Crippen LogP contribution in [-0.2, 0) is 14.3 Å². The molecule has 2 rings (SSSR count). The van der Waals surface area contributed by atoms with Crippen molar-refractivity contribution in [2.75, 3.05) is 19.0 Å². The predicted octanol–water partition coefficient (Wildman–Crippen LogP) is 3.90. The summed E-state index contributed by atoms with van der Waals surface area (Å²) in [6.07, 6.45) is 0. The highest BCUT2D eigenvalue weighted by Gasteiger charge is 2.32. The molecule has 0 heterocycles. The van der Waals surface area contributed by atoms with E-state index in [0.717, 1.165) is 0 Å². The van der Waals surface area contributed by atoms with Gasteiger partial charge in [-0.05, 0) is 50.6 Å². The number of carbonyl (C=O) groups excluding carboxylic acids is 2. The van der Waals surface area contributed by atoms with Crippen LogP contribution in [-0.4, -0.2) is 36.1 Å². The van der Waals surface area contributed by atoms with Gasteiger partial charge in [-0.2, -0.15) is 0 Å². The summed E-state index contributed by atoms with van der Waals surface area (Å²) in [4.78, 5) is 35.0. The fraction of sp³-hybridized carbons (Fsp3) is 0.300. The molecular weight excluding hydrogens is 416 g/mol. The van der Waals surface area contributed by atoms with Crippen molar-refractivity contribution in [1.29, 1.82) is 0 Å². The van der Waals surface area contributed by atoms with Crippen LogP contribution in [0.25, 0.3) is 0 Å². The van der Waals surface area contributed by atoms with Crippen LogP contribution in [0.5, 0.6) is 11.5 Å². The molecule has 0 spiro atoms. The van der Waals surface area contributed by atoms with Gasteiger partial charge in [0.2, 0.25) is 0 Å². The van der Waals surface area contributed by atoms with Gasteiger partial charge in [-0.15, -0.1) is 0 Å². The molecule has 2 aromatic carbocycles. The molecule has 0 saturated heterocycles. The Kier molecular flexibility index (Phi) is 7.23. The third-order valence-corrected chi connectivity index (χ3v) is 4.26. The van der Waals surface area contributed by atoms with E-state index in [1.54, 1.807) is 31.2 Å². The minimum absolute atomic E-state index is 0.00427. The summed E-state index contributed by atoms with van der Waals surface area (Å²) in [5, 5.41) is 14.1. The quantitative estimate of drug-likeness (QED) is 0.378. The first-order valence-electron chi connectivity index (χ1n) is 8.78. The molecule has 0 radical (unpaired) electrons. The fourth-order valence-electron chi connectivity index (χ4n) is 2.44. The smallest absolute Gasteiger partial charge is 0.350 e. The first-order valence-corrected chi connectivity index (χ1v) is 9.16. The van der Waals surface area contributed by atoms with Crippen molar-refractivity contribution in [3.63, 3.8) is 0 Å². The second kappa shape index (κ2) is 9.45. The molecule has 0 aliphatic carbocycles. The van der Waals surface area contributed by atoms with Gasteiger partial charge in [0.05, 0.1) is 12.0 Å². The standard InChI is InChI=1S/C20H21ClN2O7/c1-12-9-16(23(26)27)17(28-4)10-15(12)22-18(24)11-29-19(25)20(2,3)30-14-7-5-13(21)6-8-14/h5-10H,11H2,1-4H3,(H,22,24). The van der Waals surface area contributed by atoms with Crippen molar-refractivity contribution < 1.29 is 28.7 Å². The van der Waals surface area contributed by atoms with Gasteiger partial charge in [-0.1, -0.05) is 11.6 Å². The van der Waals surface area contributed by atoms with Gasteiger partial charge in [0, 0.05) is 22.8 Å². The number of carbonyl (C=O) groups is 2. The third-order valence-electron chi connectivity index (χ3n) is 4.01. The average Bonchev–Trinajstić information content (AvgIpc) is 2.68. The van der Waals surface area contributed by atoms with Gasteiger partial charge < -0.3 is 19.5 Å². The van der Waals surface area contributed by atoms with E-state index in [9.17, 15) is 19.7 Å². The Morgan fingerprint density at radius 1 is 1.20 bits per heavy atom. The van der Waals surface area contributed by atoms with E-state index >= 15 is 0 Å². The van der Waals surface area contributed by atoms with E-state index in [1.165, 1.54) is 33.1 Å². The summed E-state index contributed by atoms with van der Waals surface area (Å²) < 4.78 is 15.7. The number of amides is 1. The lowest BCUT2D eigenvalue weighted by Gasteiger charge is -2.24. The lowest BCUT2D eigenvalue weighted by molar-refractivity contribution is -0.385. The number of hydrogen-bond acceptors (Lipinski definition) is 7. The van der Waals surface area contributed by atoms with Crippen molar-refractivity contribution in [1.82, 2.24) is 0 Å². The molecule has 2 aromatic rings. The molecule has 0 fully saturated rings. The number of rotatable bonds is 8. The van der Waals surface area contributed by atoms with E-state index in [4.69, 9.17) is 25.8 Å². The number of hydrogen-bond donors (Lipinski definition) is 1. The predicted molar refractivity (Wildman–Crippen MR) is 110 cm³/mol. The van der Waals surface area contributed by atoms with Crippen LogP contribution in [0.3, 0.4) is 0 Å². The Morgan fingerprint density at radius 3 is 2.40 bits per heavy atom. The number of nitrogens with one attached hydrogen (secondary N) is 1. The molecule has 10 heteroatoms. The number of aryl methyl sites for hydroxylation is 1. The third kappa shape index (κ3) is 5.84. The maximum absolute atomic E-state index is 12.3. The summed E-state index contributed by atoms with van der Waals surface area (Å²) in [7, 11) is 1.29. The highest BCUT2D eigenvalue weighted by Crippen LogP contribution is 2.32. The summed E-state index contributed by atoms with van der Waals surface area (Å²) in [5.41, 5.74) is -0.815. The molecular formula is C20H21ClN2O7. The molecule has 0 aliphatic rings. The highest BCUT2D eigenvalue weighted by atomic mass is 35.5. The zero-order chi connectivity index (χ0) is 22.5. The molecule has 30 heavy (non-hydrogen) atoms. The summed E-state index contributed by atoms with van der Waals surface area (Å²) in [6, 6.07) is 9.06. The number of benzene rings is 2. The van der Waals surface area contributed by atoms with Gasteiger partial charge in [-0.3, -0.25) is 14.9 Å². The van der Waals surface area contributed by atoms with Crippen LogP contribution in [0, 0.1) is 17.0 Å². The van der Waals surface area contributed by atoms with Crippen LogP contribution >= 0.6 is 11.6 Å². The van der Waals surface area contributed by atoms with Crippen LogP contribution < -0.4 is 14.8 Å². The van der Waals surface area contributed by atoms with Gasteiger partial charge in [0.25, 0.3) is 5.91 Å². The lowest BCUT2D eigenvalue weighted by Crippen LogP contribution is -2.41. The topological polar surface area (TPSA) is 117 Å². The lowest BCUT2D eigenvalue weighted by atomic mass is 10.1. The Hall–Kier alpha value is -3.33. The van der Waals surface area contributed by atoms with Gasteiger partial charge in [-0.25, -0.2) is 4.79 Å². The molecule has 0 atom stereocenters. The van der Waals surface area contributed by atoms with Gasteiger partial charge >= 0.3 is 11.7 Å². The largest absolute Gasteiger partial charge is 0.490 e. The number of ether oxygens (including phenoxy) is 3. The maximum atomic E-state index is 12.3. The van der Waals surface area contributed by atoms with E-state index in [1.807, 2.05) is 0 Å². The minimum atomic E-state index is -1.35.